The number of rotatable bonds is 2. The lowest BCUT2D eigenvalue weighted by molar-refractivity contribution is 0.0592. The lowest BCUT2D eigenvalue weighted by Gasteiger charge is -2.30. The number of methoxy groups -OCH3 is 1. The number of nitrogens with one attached hydrogen (secondary N) is 1. The molecule has 114 valence electrons. The van der Waals surface area contributed by atoms with Crippen molar-refractivity contribution in [1.82, 2.24) is 10.2 Å². The fourth-order valence-electron chi connectivity index (χ4n) is 3.08. The van der Waals surface area contributed by atoms with Crippen molar-refractivity contribution in [2.45, 2.75) is 25.2 Å². The summed E-state index contributed by atoms with van der Waals surface area (Å²) in [5, 5.41) is 16.1. The molecule has 2 heterocycles. The topological polar surface area (TPSA) is 114 Å². The normalized spacial score (nSPS) is 23.5. The summed E-state index contributed by atoms with van der Waals surface area (Å²) < 4.78 is 10.2. The first-order chi connectivity index (χ1) is 10.7. The van der Waals surface area contributed by atoms with Crippen LogP contribution < -0.4 is 10.5 Å². The summed E-state index contributed by atoms with van der Waals surface area (Å²) in [6, 6.07) is 2.12. The van der Waals surface area contributed by atoms with E-state index in [2.05, 4.69) is 28.4 Å². The van der Waals surface area contributed by atoms with Crippen molar-refractivity contribution < 1.29 is 14.3 Å². The average molecular weight is 300 g/mol. The van der Waals surface area contributed by atoms with E-state index in [1.807, 2.05) is 0 Å². The lowest BCUT2D eigenvalue weighted by atomic mass is 9.75. The van der Waals surface area contributed by atoms with Gasteiger partial charge in [-0.05, 0) is 25.2 Å². The summed E-state index contributed by atoms with van der Waals surface area (Å²) in [7, 11) is 1.30. The molecule has 0 fully saturated rings. The molecule has 2 unspecified atom stereocenters. The van der Waals surface area contributed by atoms with Gasteiger partial charge in [0.2, 0.25) is 11.8 Å². The molecule has 0 bridgehead atoms. The molecular formula is C15H16N4O3. The van der Waals surface area contributed by atoms with Crippen molar-refractivity contribution in [3.63, 3.8) is 0 Å². The van der Waals surface area contributed by atoms with Crippen LogP contribution in [0.3, 0.4) is 0 Å². The Morgan fingerprint density at radius 2 is 2.45 bits per heavy atom. The average Bonchev–Trinajstić information content (AvgIpc) is 2.96. The van der Waals surface area contributed by atoms with E-state index in [-0.39, 0.29) is 29.3 Å². The third kappa shape index (κ3) is 2.13. The van der Waals surface area contributed by atoms with E-state index in [0.29, 0.717) is 11.1 Å². The van der Waals surface area contributed by atoms with Crippen LogP contribution >= 0.6 is 0 Å². The number of H-pyrrole nitrogens is 1. The molecule has 2 atom stereocenters. The van der Waals surface area contributed by atoms with Crippen LogP contribution in [0.2, 0.25) is 0 Å². The number of ether oxygens (including phenoxy) is 2. The van der Waals surface area contributed by atoms with Crippen molar-refractivity contribution in [1.29, 1.82) is 5.26 Å². The molecule has 2 aliphatic rings. The first kappa shape index (κ1) is 14.2. The highest BCUT2D eigenvalue weighted by Crippen LogP contribution is 2.45. The number of fused-ring (bicyclic) bond motifs is 1. The number of allylic oxidation sites excluding steroid dienone is 3. The molecule has 0 spiro atoms. The first-order valence-corrected chi connectivity index (χ1v) is 7.08. The van der Waals surface area contributed by atoms with E-state index < -0.39 is 5.97 Å². The van der Waals surface area contributed by atoms with Crippen LogP contribution in [0.4, 0.5) is 0 Å². The van der Waals surface area contributed by atoms with Gasteiger partial charge in [-0.15, -0.1) is 5.10 Å². The summed E-state index contributed by atoms with van der Waals surface area (Å²) in [5.41, 5.74) is 6.95. The Kier molecular flexibility index (Phi) is 3.59. The smallest absolute Gasteiger partial charge is 0.356 e. The maximum Gasteiger partial charge on any atom is 0.356 e. The molecule has 7 nitrogen and oxygen atoms in total. The second kappa shape index (κ2) is 5.56. The minimum Gasteiger partial charge on any atom is -0.464 e. The van der Waals surface area contributed by atoms with Gasteiger partial charge in [0.05, 0.1) is 18.2 Å². The fourth-order valence-corrected chi connectivity index (χ4v) is 3.08. The Morgan fingerprint density at radius 3 is 3.09 bits per heavy atom. The zero-order valence-corrected chi connectivity index (χ0v) is 12.1. The molecular weight excluding hydrogens is 284 g/mol. The SMILES string of the molecule is COC(=O)c1[nH]nc2c1C(C1C=CCCC1)C(C#N)=C(N)O2. The second-order valence-corrected chi connectivity index (χ2v) is 5.30. The van der Waals surface area contributed by atoms with Gasteiger partial charge in [-0.3, -0.25) is 5.10 Å². The summed E-state index contributed by atoms with van der Waals surface area (Å²) >= 11 is 0. The lowest BCUT2D eigenvalue weighted by Crippen LogP contribution is -2.26. The van der Waals surface area contributed by atoms with E-state index in [1.165, 1.54) is 7.11 Å². The molecule has 1 aliphatic carbocycles. The Balaban J connectivity index is 2.15. The Labute approximate surface area is 127 Å². The Morgan fingerprint density at radius 1 is 1.64 bits per heavy atom. The van der Waals surface area contributed by atoms with Gasteiger partial charge in [-0.25, -0.2) is 4.79 Å². The maximum atomic E-state index is 12.0. The van der Waals surface area contributed by atoms with Gasteiger partial charge >= 0.3 is 5.97 Å². The second-order valence-electron chi connectivity index (χ2n) is 5.30. The number of aromatic amines is 1. The number of nitriles is 1. The number of hydrogen-bond donors (Lipinski definition) is 2. The summed E-state index contributed by atoms with van der Waals surface area (Å²) in [6.07, 6.45) is 7.11. The van der Waals surface area contributed by atoms with Crippen molar-refractivity contribution >= 4 is 5.97 Å². The fraction of sp³-hybridized carbons (Fsp3) is 0.400. The van der Waals surface area contributed by atoms with Gasteiger partial charge in [0.25, 0.3) is 0 Å². The van der Waals surface area contributed by atoms with Crippen molar-refractivity contribution in [2.24, 2.45) is 11.7 Å². The molecule has 0 saturated heterocycles. The number of esters is 1. The molecule has 7 heteroatoms. The van der Waals surface area contributed by atoms with E-state index in [9.17, 15) is 10.1 Å². The monoisotopic (exact) mass is 300 g/mol. The molecule has 0 saturated carbocycles. The van der Waals surface area contributed by atoms with Gasteiger partial charge in [0, 0.05) is 5.92 Å². The maximum absolute atomic E-state index is 12.0. The number of nitrogens with zero attached hydrogens (tertiary/aromatic N) is 2. The van der Waals surface area contributed by atoms with Gasteiger partial charge in [0.15, 0.2) is 5.69 Å². The van der Waals surface area contributed by atoms with E-state index in [0.717, 1.165) is 19.3 Å². The Bertz CT molecular complexity index is 711. The van der Waals surface area contributed by atoms with Gasteiger partial charge < -0.3 is 15.2 Å². The number of hydrogen-bond acceptors (Lipinski definition) is 6. The summed E-state index contributed by atoms with van der Waals surface area (Å²) in [4.78, 5) is 12.0. The van der Waals surface area contributed by atoms with Crippen molar-refractivity contribution in [3.05, 3.63) is 34.9 Å². The van der Waals surface area contributed by atoms with E-state index in [1.54, 1.807) is 0 Å². The number of carbonyl (C=O) groups is 1. The van der Waals surface area contributed by atoms with Crippen molar-refractivity contribution in [2.75, 3.05) is 7.11 Å². The molecule has 3 rings (SSSR count). The zero-order valence-electron chi connectivity index (χ0n) is 12.1. The predicted octanol–water partition coefficient (Wildman–Crippen LogP) is 1.72. The quantitative estimate of drug-likeness (QED) is 0.635. The molecule has 0 amide bonds. The molecule has 3 N–H and O–H groups in total. The summed E-state index contributed by atoms with van der Waals surface area (Å²) in [6.45, 7) is 0. The highest BCUT2D eigenvalue weighted by molar-refractivity contribution is 5.90. The van der Waals surface area contributed by atoms with Crippen LogP contribution in [0.15, 0.2) is 23.6 Å². The number of aromatic nitrogens is 2. The van der Waals surface area contributed by atoms with Crippen LogP contribution in [0, 0.1) is 17.2 Å². The molecule has 1 aliphatic heterocycles. The van der Waals surface area contributed by atoms with Crippen LogP contribution in [0.25, 0.3) is 0 Å². The van der Waals surface area contributed by atoms with Crippen LogP contribution in [0.5, 0.6) is 5.88 Å². The van der Waals surface area contributed by atoms with Crippen LogP contribution in [0.1, 0.15) is 41.2 Å². The van der Waals surface area contributed by atoms with Gasteiger partial charge in [-0.1, -0.05) is 12.2 Å². The van der Waals surface area contributed by atoms with Crippen LogP contribution in [-0.2, 0) is 4.74 Å². The standard InChI is InChI=1S/C15H16N4O3/c1-21-15(20)12-11-10(8-5-3-2-4-6-8)9(7-16)13(17)22-14(11)19-18-12/h3,5,8,10H,2,4,6,17H2,1H3,(H,18,19). The zero-order chi connectivity index (χ0) is 15.7. The van der Waals surface area contributed by atoms with Crippen LogP contribution in [-0.4, -0.2) is 23.3 Å². The molecule has 0 aromatic carbocycles. The van der Waals surface area contributed by atoms with E-state index >= 15 is 0 Å². The third-order valence-corrected chi connectivity index (χ3v) is 4.09. The number of carbonyl (C=O) groups excluding carboxylic acids is 1. The molecule has 1 aromatic rings. The van der Waals surface area contributed by atoms with Gasteiger partial charge in [0.1, 0.15) is 6.07 Å². The molecule has 22 heavy (non-hydrogen) atoms. The Hall–Kier alpha value is -2.75. The van der Waals surface area contributed by atoms with Gasteiger partial charge in [-0.2, -0.15) is 5.26 Å². The predicted molar refractivity (Wildman–Crippen MR) is 76.6 cm³/mol. The van der Waals surface area contributed by atoms with E-state index in [4.69, 9.17) is 15.2 Å². The number of nitrogens with two attached hydrogens (primary N) is 1. The molecule has 0 radical (unpaired) electrons. The minimum atomic E-state index is -0.542. The molecule has 1 aromatic heterocycles. The highest BCUT2D eigenvalue weighted by atomic mass is 16.5. The van der Waals surface area contributed by atoms with Crippen molar-refractivity contribution in [3.8, 4) is 11.9 Å². The summed E-state index contributed by atoms with van der Waals surface area (Å²) in [5.74, 6) is -0.536. The largest absolute Gasteiger partial charge is 0.464 e. The first-order valence-electron chi connectivity index (χ1n) is 7.08. The third-order valence-electron chi connectivity index (χ3n) is 4.09. The highest BCUT2D eigenvalue weighted by Gasteiger charge is 2.40. The minimum absolute atomic E-state index is 0.0434.